The maximum atomic E-state index is 12.1. The summed E-state index contributed by atoms with van der Waals surface area (Å²) in [6.07, 6.45) is -14.8. The fourth-order valence-electron chi connectivity index (χ4n) is 3.34. The molecule has 18 nitrogen and oxygen atoms in total. The number of phosphoric acid groups is 2. The molecule has 0 amide bonds. The van der Waals surface area contributed by atoms with Crippen molar-refractivity contribution >= 4 is 28.3 Å². The number of hydrogen-bond donors (Lipinski definition) is 8. The Morgan fingerprint density at radius 2 is 1.67 bits per heavy atom. The van der Waals surface area contributed by atoms with Crippen LogP contribution in [0.5, 0.6) is 0 Å². The molecular weight excluding hydrogens is 558 g/mol. The molecule has 0 bridgehead atoms. The summed E-state index contributed by atoms with van der Waals surface area (Å²) in [5.74, 6) is -0.224. The first-order valence-corrected chi connectivity index (χ1v) is 13.6. The van der Waals surface area contributed by atoms with Gasteiger partial charge in [0.25, 0.3) is 13.4 Å². The van der Waals surface area contributed by atoms with Gasteiger partial charge in [-0.15, -0.1) is 0 Å². The first kappa shape index (κ1) is 29.6. The minimum atomic E-state index is -5.79. The lowest BCUT2D eigenvalue weighted by molar-refractivity contribution is -0.295. The number of nitrogens with zero attached hydrogens (tertiary/aromatic N) is 1. The molecule has 3 rings (SSSR count). The Balaban J connectivity index is 1.61. The van der Waals surface area contributed by atoms with Gasteiger partial charge in [0, 0.05) is 18.0 Å². The number of aliphatic hydroxyl groups excluding tert-OH is 5. The third-order valence-corrected chi connectivity index (χ3v) is 8.08. The summed E-state index contributed by atoms with van der Waals surface area (Å²) >= 11 is 3.84. The van der Waals surface area contributed by atoms with Gasteiger partial charge < -0.3 is 44.8 Å². The summed E-state index contributed by atoms with van der Waals surface area (Å²) < 4.78 is 48.0. The SMILES string of the molecule is O=c1ccn([C@@H]2O[C@H](COP(=O)(O)OP(=O)([O-])O[C@@H]3OC(CS)[C@H](O)[C@H](O)C3O)[C@H](O)C2O)c(=O)[nH]1. The molecule has 21 heteroatoms. The quantitative estimate of drug-likeness (QED) is 0.101. The fourth-order valence-corrected chi connectivity index (χ4v) is 5.76. The van der Waals surface area contributed by atoms with E-state index in [0.717, 1.165) is 16.8 Å². The zero-order valence-corrected chi connectivity index (χ0v) is 20.5. The number of rotatable bonds is 9. The molecule has 2 fully saturated rings. The van der Waals surface area contributed by atoms with Crippen molar-refractivity contribution in [1.29, 1.82) is 0 Å². The van der Waals surface area contributed by atoms with Crippen LogP contribution in [0.1, 0.15) is 6.23 Å². The van der Waals surface area contributed by atoms with Crippen molar-refractivity contribution in [3.8, 4) is 0 Å². The van der Waals surface area contributed by atoms with Crippen LogP contribution in [0.15, 0.2) is 21.9 Å². The smallest absolute Gasteiger partial charge is 0.478 e. The highest BCUT2D eigenvalue weighted by Crippen LogP contribution is 2.59. The first-order chi connectivity index (χ1) is 16.7. The lowest BCUT2D eigenvalue weighted by Gasteiger charge is -2.41. The summed E-state index contributed by atoms with van der Waals surface area (Å²) in [5.41, 5.74) is -1.74. The van der Waals surface area contributed by atoms with E-state index in [4.69, 9.17) is 9.47 Å². The minimum Gasteiger partial charge on any atom is -0.756 e. The van der Waals surface area contributed by atoms with Gasteiger partial charge in [0.05, 0.1) is 12.7 Å². The predicted octanol–water partition coefficient (Wildman–Crippen LogP) is -4.49. The lowest BCUT2D eigenvalue weighted by atomic mass is 10.0. The van der Waals surface area contributed by atoms with Crippen molar-refractivity contribution in [2.24, 2.45) is 0 Å². The van der Waals surface area contributed by atoms with E-state index in [0.29, 0.717) is 0 Å². The second-order valence-electron chi connectivity index (χ2n) is 7.66. The Morgan fingerprint density at radius 1 is 1.03 bits per heavy atom. The van der Waals surface area contributed by atoms with Crippen molar-refractivity contribution in [1.82, 2.24) is 9.55 Å². The summed E-state index contributed by atoms with van der Waals surface area (Å²) in [5, 5.41) is 49.6. The third kappa shape index (κ3) is 6.71. The molecule has 206 valence electrons. The van der Waals surface area contributed by atoms with Gasteiger partial charge in [0.2, 0.25) is 0 Å². The molecule has 36 heavy (non-hydrogen) atoms. The second-order valence-corrected chi connectivity index (χ2v) is 11.0. The van der Waals surface area contributed by atoms with Gasteiger partial charge in [-0.3, -0.25) is 28.0 Å². The van der Waals surface area contributed by atoms with E-state index in [1.807, 2.05) is 4.98 Å². The number of nitrogens with one attached hydrogen (secondary N) is 1. The molecule has 2 aliphatic rings. The van der Waals surface area contributed by atoms with Crippen LogP contribution in [0.25, 0.3) is 0 Å². The summed E-state index contributed by atoms with van der Waals surface area (Å²) in [7, 11) is -11.3. The number of aliphatic hydroxyl groups is 5. The van der Waals surface area contributed by atoms with E-state index in [-0.39, 0.29) is 5.75 Å². The Bertz CT molecular complexity index is 1130. The molecule has 3 heterocycles. The lowest BCUT2D eigenvalue weighted by Crippen LogP contribution is -2.58. The summed E-state index contributed by atoms with van der Waals surface area (Å²) in [4.78, 5) is 46.8. The molecule has 5 unspecified atom stereocenters. The van der Waals surface area contributed by atoms with Gasteiger partial charge in [0.15, 0.2) is 12.5 Å². The zero-order chi connectivity index (χ0) is 27.0. The summed E-state index contributed by atoms with van der Waals surface area (Å²) in [6.45, 7) is -1.03. The van der Waals surface area contributed by atoms with Crippen LogP contribution in [0.2, 0.25) is 0 Å². The number of thiol groups is 1. The van der Waals surface area contributed by atoms with Gasteiger partial charge in [0.1, 0.15) is 36.6 Å². The van der Waals surface area contributed by atoms with E-state index < -0.39 is 88.7 Å². The minimum absolute atomic E-state index is 0.224. The van der Waals surface area contributed by atoms with E-state index in [1.54, 1.807) is 0 Å². The maximum absolute atomic E-state index is 12.1. The van der Waals surface area contributed by atoms with Crippen LogP contribution in [0, 0.1) is 0 Å². The van der Waals surface area contributed by atoms with E-state index >= 15 is 0 Å². The second kappa shape index (κ2) is 11.4. The number of aromatic amines is 1. The Kier molecular flexibility index (Phi) is 9.36. The maximum Gasteiger partial charge on any atom is 0.478 e. The Labute approximate surface area is 206 Å². The molecule has 0 saturated carbocycles. The van der Waals surface area contributed by atoms with Crippen molar-refractivity contribution < 1.29 is 67.3 Å². The number of aromatic nitrogens is 2. The van der Waals surface area contributed by atoms with Crippen LogP contribution in [0.3, 0.4) is 0 Å². The first-order valence-electron chi connectivity index (χ1n) is 9.97. The highest BCUT2D eigenvalue weighted by atomic mass is 32.1. The van der Waals surface area contributed by atoms with Crippen molar-refractivity contribution in [2.45, 2.75) is 55.2 Å². The normalized spacial score (nSPS) is 38.4. The number of H-pyrrole nitrogens is 1. The van der Waals surface area contributed by atoms with Gasteiger partial charge in [-0.05, 0) is 0 Å². The molecule has 2 aliphatic heterocycles. The molecule has 11 atom stereocenters. The fraction of sp³-hybridized carbons (Fsp3) is 0.733. The van der Waals surface area contributed by atoms with Crippen LogP contribution >= 0.6 is 28.3 Å². The standard InChI is InChI=1S/C15H24N2O16P2S/c18-7-1-2-17(15(24)16-7)13-11(22)8(19)5(30-13)3-29-34(25,26)33-35(27,28)32-14-12(23)10(21)9(20)6(4-36)31-14/h1-2,5-6,8-14,19-23,36H,3-4H2,(H,25,26)(H,27,28)(H,16,18,24)/p-1/t5-,6?,8+,9+,10+,11?,12?,13-,14+/m1/s1. The topological polar surface area (TPSA) is 280 Å². The van der Waals surface area contributed by atoms with Crippen molar-refractivity contribution in [3.63, 3.8) is 0 Å². The molecule has 1 aromatic rings. The summed E-state index contributed by atoms with van der Waals surface area (Å²) in [6, 6.07) is 0.931. The van der Waals surface area contributed by atoms with E-state index in [2.05, 4.69) is 26.0 Å². The van der Waals surface area contributed by atoms with Gasteiger partial charge in [-0.25, -0.2) is 13.7 Å². The number of hydrogen-bond acceptors (Lipinski definition) is 16. The average Bonchev–Trinajstić information content (AvgIpc) is 3.06. The van der Waals surface area contributed by atoms with Crippen LogP contribution in [0.4, 0.5) is 0 Å². The molecule has 1 aromatic heterocycles. The highest BCUT2D eigenvalue weighted by Gasteiger charge is 2.47. The Hall–Kier alpha value is -0.990. The average molecular weight is 581 g/mol. The van der Waals surface area contributed by atoms with E-state index in [1.165, 1.54) is 0 Å². The van der Waals surface area contributed by atoms with Crippen LogP contribution in [-0.4, -0.2) is 101 Å². The van der Waals surface area contributed by atoms with E-state index in [9.17, 15) is 54.0 Å². The third-order valence-electron chi connectivity index (χ3n) is 5.15. The van der Waals surface area contributed by atoms with Crippen molar-refractivity contribution in [2.75, 3.05) is 12.4 Å². The monoisotopic (exact) mass is 581 g/mol. The number of ether oxygens (including phenoxy) is 2. The largest absolute Gasteiger partial charge is 0.756 e. The molecule has 0 aliphatic carbocycles. The van der Waals surface area contributed by atoms with Crippen LogP contribution < -0.4 is 16.1 Å². The van der Waals surface area contributed by atoms with Crippen molar-refractivity contribution in [3.05, 3.63) is 33.1 Å². The predicted molar refractivity (Wildman–Crippen MR) is 113 cm³/mol. The van der Waals surface area contributed by atoms with Crippen LogP contribution in [-0.2, 0) is 32.0 Å². The molecule has 0 aromatic carbocycles. The molecule has 7 N–H and O–H groups in total. The molecular formula is C15H23N2O16P2S-. The highest BCUT2D eigenvalue weighted by molar-refractivity contribution is 7.80. The van der Waals surface area contributed by atoms with Gasteiger partial charge in [-0.2, -0.15) is 12.6 Å². The zero-order valence-electron chi connectivity index (χ0n) is 17.8. The van der Waals surface area contributed by atoms with Gasteiger partial charge >= 0.3 is 13.5 Å². The molecule has 0 radical (unpaired) electrons. The number of phosphoric ester groups is 2. The molecule has 0 spiro atoms. The Morgan fingerprint density at radius 3 is 2.28 bits per heavy atom. The van der Waals surface area contributed by atoms with Gasteiger partial charge in [-0.1, -0.05) is 0 Å². The molecule has 2 saturated heterocycles.